The molecule has 20 heavy (non-hydrogen) atoms. The smallest absolute Gasteiger partial charge is 0.169 e. The standard InChI is InChI=1S/C17H12INO/c18-14-8-6-12(7-9-14)11-16(20)15-5-1-3-13-4-2-10-19-17(13)15/h1-10H,11H2. The van der Waals surface area contributed by atoms with E-state index < -0.39 is 0 Å². The lowest BCUT2D eigenvalue weighted by Crippen LogP contribution is -2.05. The highest BCUT2D eigenvalue weighted by atomic mass is 127. The van der Waals surface area contributed by atoms with Gasteiger partial charge in [-0.25, -0.2) is 0 Å². The number of Topliss-reactive ketones (excluding diaryl/α,β-unsaturated/α-hetero) is 1. The summed E-state index contributed by atoms with van der Waals surface area (Å²) in [4.78, 5) is 16.8. The SMILES string of the molecule is O=C(Cc1ccc(I)cc1)c1cccc2cccnc12. The number of rotatable bonds is 3. The first kappa shape index (κ1) is 13.2. The van der Waals surface area contributed by atoms with Gasteiger partial charge in [-0.1, -0.05) is 30.3 Å². The fourth-order valence-electron chi connectivity index (χ4n) is 2.21. The Balaban J connectivity index is 1.94. The molecule has 0 aliphatic rings. The Bertz CT molecular complexity index is 760. The average Bonchev–Trinajstić information content (AvgIpc) is 2.49. The van der Waals surface area contributed by atoms with E-state index in [2.05, 4.69) is 27.6 Å². The molecule has 0 aliphatic carbocycles. The Hall–Kier alpha value is -1.75. The number of benzene rings is 2. The first-order chi connectivity index (χ1) is 9.74. The second-order valence-corrected chi connectivity index (χ2v) is 5.85. The zero-order valence-corrected chi connectivity index (χ0v) is 12.9. The molecule has 0 aliphatic heterocycles. The number of hydrogen-bond acceptors (Lipinski definition) is 2. The number of carbonyl (C=O) groups excluding carboxylic acids is 1. The summed E-state index contributed by atoms with van der Waals surface area (Å²) in [5, 5.41) is 1.00. The molecule has 3 heteroatoms. The van der Waals surface area contributed by atoms with E-state index in [4.69, 9.17) is 0 Å². The number of hydrogen-bond donors (Lipinski definition) is 0. The molecule has 1 aromatic heterocycles. The summed E-state index contributed by atoms with van der Waals surface area (Å²) in [5.41, 5.74) is 2.51. The molecule has 2 nitrogen and oxygen atoms in total. The average molecular weight is 373 g/mol. The molecule has 0 spiro atoms. The van der Waals surface area contributed by atoms with Crippen LogP contribution in [0.5, 0.6) is 0 Å². The maximum Gasteiger partial charge on any atom is 0.169 e. The van der Waals surface area contributed by atoms with Crippen molar-refractivity contribution in [1.82, 2.24) is 4.98 Å². The summed E-state index contributed by atoms with van der Waals surface area (Å²) in [6.45, 7) is 0. The van der Waals surface area contributed by atoms with Gasteiger partial charge < -0.3 is 0 Å². The van der Waals surface area contributed by atoms with E-state index in [-0.39, 0.29) is 5.78 Å². The van der Waals surface area contributed by atoms with E-state index >= 15 is 0 Å². The zero-order valence-electron chi connectivity index (χ0n) is 10.7. The van der Waals surface area contributed by atoms with Gasteiger partial charge >= 0.3 is 0 Å². The van der Waals surface area contributed by atoms with Gasteiger partial charge in [-0.05, 0) is 52.4 Å². The fourth-order valence-corrected chi connectivity index (χ4v) is 2.57. The molecule has 2 aromatic carbocycles. The Labute approximate surface area is 131 Å². The van der Waals surface area contributed by atoms with Gasteiger partial charge in [0.1, 0.15) is 0 Å². The molecule has 0 bridgehead atoms. The largest absolute Gasteiger partial charge is 0.294 e. The first-order valence-electron chi connectivity index (χ1n) is 6.35. The molecule has 0 atom stereocenters. The number of para-hydroxylation sites is 1. The second-order valence-electron chi connectivity index (χ2n) is 4.61. The molecular formula is C17H12INO. The van der Waals surface area contributed by atoms with Crippen LogP contribution in [0.2, 0.25) is 0 Å². The van der Waals surface area contributed by atoms with Crippen molar-refractivity contribution in [2.45, 2.75) is 6.42 Å². The molecule has 1 heterocycles. The lowest BCUT2D eigenvalue weighted by molar-refractivity contribution is 0.0994. The van der Waals surface area contributed by atoms with Crippen LogP contribution in [0.3, 0.4) is 0 Å². The van der Waals surface area contributed by atoms with Crippen LogP contribution in [0.4, 0.5) is 0 Å². The van der Waals surface area contributed by atoms with Crippen molar-refractivity contribution in [2.24, 2.45) is 0 Å². The number of ketones is 1. The summed E-state index contributed by atoms with van der Waals surface area (Å²) < 4.78 is 1.17. The Morgan fingerprint density at radius 3 is 2.55 bits per heavy atom. The summed E-state index contributed by atoms with van der Waals surface area (Å²) in [7, 11) is 0. The Morgan fingerprint density at radius 2 is 1.75 bits per heavy atom. The summed E-state index contributed by atoms with van der Waals surface area (Å²) in [6, 6.07) is 17.6. The van der Waals surface area contributed by atoms with E-state index in [0.717, 1.165) is 16.5 Å². The van der Waals surface area contributed by atoms with E-state index in [1.54, 1.807) is 6.20 Å². The molecular weight excluding hydrogens is 361 g/mol. The van der Waals surface area contributed by atoms with Gasteiger partial charge in [-0.2, -0.15) is 0 Å². The molecule has 0 unspecified atom stereocenters. The summed E-state index contributed by atoms with van der Waals surface area (Å²) in [5.74, 6) is 0.107. The lowest BCUT2D eigenvalue weighted by atomic mass is 10.0. The topological polar surface area (TPSA) is 30.0 Å². The van der Waals surface area contributed by atoms with Gasteiger partial charge in [0.15, 0.2) is 5.78 Å². The first-order valence-corrected chi connectivity index (χ1v) is 7.43. The van der Waals surface area contributed by atoms with Crippen molar-refractivity contribution in [3.63, 3.8) is 0 Å². The number of fused-ring (bicyclic) bond motifs is 1. The number of pyridine rings is 1. The minimum absolute atomic E-state index is 0.107. The highest BCUT2D eigenvalue weighted by Gasteiger charge is 2.11. The van der Waals surface area contributed by atoms with Gasteiger partial charge in [-0.3, -0.25) is 9.78 Å². The Kier molecular flexibility index (Phi) is 3.78. The number of aromatic nitrogens is 1. The number of nitrogens with zero attached hydrogens (tertiary/aromatic N) is 1. The second kappa shape index (κ2) is 5.71. The van der Waals surface area contributed by atoms with Crippen molar-refractivity contribution in [3.05, 3.63) is 75.5 Å². The van der Waals surface area contributed by atoms with Crippen LogP contribution in [0.15, 0.2) is 60.8 Å². The highest BCUT2D eigenvalue weighted by molar-refractivity contribution is 14.1. The van der Waals surface area contributed by atoms with Gasteiger partial charge in [-0.15, -0.1) is 0 Å². The third-order valence-corrected chi connectivity index (χ3v) is 3.93. The molecule has 0 radical (unpaired) electrons. The maximum atomic E-state index is 12.5. The van der Waals surface area contributed by atoms with Crippen LogP contribution in [0.1, 0.15) is 15.9 Å². The van der Waals surface area contributed by atoms with Crippen LogP contribution < -0.4 is 0 Å². The van der Waals surface area contributed by atoms with Gasteiger partial charge in [0.2, 0.25) is 0 Å². The van der Waals surface area contributed by atoms with Crippen molar-refractivity contribution in [2.75, 3.05) is 0 Å². The van der Waals surface area contributed by atoms with Crippen LogP contribution in [-0.4, -0.2) is 10.8 Å². The van der Waals surface area contributed by atoms with Crippen molar-refractivity contribution in [1.29, 1.82) is 0 Å². The molecule has 0 N–H and O–H groups in total. The van der Waals surface area contributed by atoms with Crippen LogP contribution in [0, 0.1) is 3.57 Å². The maximum absolute atomic E-state index is 12.5. The third kappa shape index (κ3) is 2.72. The normalized spacial score (nSPS) is 10.7. The third-order valence-electron chi connectivity index (χ3n) is 3.21. The van der Waals surface area contributed by atoms with Crippen molar-refractivity contribution >= 4 is 39.3 Å². The van der Waals surface area contributed by atoms with Crippen molar-refractivity contribution < 1.29 is 4.79 Å². The van der Waals surface area contributed by atoms with Crippen LogP contribution in [0.25, 0.3) is 10.9 Å². The van der Waals surface area contributed by atoms with Gasteiger partial charge in [0.05, 0.1) is 5.52 Å². The fraction of sp³-hybridized carbons (Fsp3) is 0.0588. The monoisotopic (exact) mass is 373 g/mol. The molecule has 3 rings (SSSR count). The van der Waals surface area contributed by atoms with Crippen LogP contribution >= 0.6 is 22.6 Å². The van der Waals surface area contributed by atoms with E-state index in [1.165, 1.54) is 3.57 Å². The lowest BCUT2D eigenvalue weighted by Gasteiger charge is -2.05. The van der Waals surface area contributed by atoms with E-state index in [9.17, 15) is 4.79 Å². The molecule has 3 aromatic rings. The van der Waals surface area contributed by atoms with E-state index in [1.807, 2.05) is 54.6 Å². The zero-order chi connectivity index (χ0) is 13.9. The van der Waals surface area contributed by atoms with Crippen LogP contribution in [-0.2, 0) is 6.42 Å². The number of halogens is 1. The summed E-state index contributed by atoms with van der Waals surface area (Å²) >= 11 is 2.26. The minimum Gasteiger partial charge on any atom is -0.294 e. The highest BCUT2D eigenvalue weighted by Crippen LogP contribution is 2.18. The molecule has 0 amide bonds. The Morgan fingerprint density at radius 1 is 1.00 bits per heavy atom. The predicted octanol–water partition coefficient (Wildman–Crippen LogP) is 4.26. The molecule has 0 saturated heterocycles. The molecule has 0 fully saturated rings. The van der Waals surface area contributed by atoms with E-state index in [0.29, 0.717) is 12.0 Å². The summed E-state index contributed by atoms with van der Waals surface area (Å²) in [6.07, 6.45) is 2.14. The predicted molar refractivity (Wildman–Crippen MR) is 88.9 cm³/mol. The van der Waals surface area contributed by atoms with Gasteiger partial charge in [0, 0.05) is 27.1 Å². The minimum atomic E-state index is 0.107. The van der Waals surface area contributed by atoms with Gasteiger partial charge in [0.25, 0.3) is 0 Å². The molecule has 0 saturated carbocycles. The van der Waals surface area contributed by atoms with Crippen molar-refractivity contribution in [3.8, 4) is 0 Å². The number of carbonyl (C=O) groups is 1. The molecule has 98 valence electrons. The quantitative estimate of drug-likeness (QED) is 0.507.